The van der Waals surface area contributed by atoms with Gasteiger partial charge in [-0.25, -0.2) is 0 Å². The van der Waals surface area contributed by atoms with Gasteiger partial charge in [0.05, 0.1) is 25.9 Å². The van der Waals surface area contributed by atoms with E-state index >= 15 is 0 Å². The molecule has 0 aliphatic carbocycles. The molecule has 0 radical (unpaired) electrons. The Hall–Kier alpha value is -0.200. The fraction of sp³-hybridized carbons (Fsp3) is 1.00. The summed E-state index contributed by atoms with van der Waals surface area (Å²) in [7, 11) is 1.94. The van der Waals surface area contributed by atoms with Gasteiger partial charge in [0.2, 0.25) is 0 Å². The Morgan fingerprint density at radius 2 is 2.22 bits per heavy atom. The van der Waals surface area contributed by atoms with Gasteiger partial charge in [-0.2, -0.15) is 0 Å². The molecule has 108 valence electrons. The van der Waals surface area contributed by atoms with Gasteiger partial charge >= 0.3 is 0 Å². The molecule has 0 aromatic heterocycles. The smallest absolute Gasteiger partial charge is 0.0826 e. The van der Waals surface area contributed by atoms with Crippen LogP contribution in [0.2, 0.25) is 0 Å². The van der Waals surface area contributed by atoms with Crippen molar-refractivity contribution in [1.29, 1.82) is 0 Å². The quantitative estimate of drug-likeness (QED) is 0.538. The highest BCUT2D eigenvalue weighted by molar-refractivity contribution is 4.73. The largest absolute Gasteiger partial charge is 0.379 e. The third-order valence-corrected chi connectivity index (χ3v) is 3.07. The molecule has 5 heteroatoms. The van der Waals surface area contributed by atoms with Gasteiger partial charge in [0.1, 0.15) is 0 Å². The van der Waals surface area contributed by atoms with Crippen molar-refractivity contribution in [3.8, 4) is 0 Å². The number of nitrogens with zero attached hydrogens (tertiary/aromatic N) is 1. The number of likely N-dealkylation sites (N-methyl/N-ethyl adjacent to an activating group) is 1. The summed E-state index contributed by atoms with van der Waals surface area (Å²) in [6.45, 7) is 10.7. The van der Waals surface area contributed by atoms with Gasteiger partial charge < -0.3 is 20.1 Å². The van der Waals surface area contributed by atoms with Crippen molar-refractivity contribution in [2.24, 2.45) is 0 Å². The lowest BCUT2D eigenvalue weighted by Crippen LogP contribution is -2.47. The molecule has 0 spiro atoms. The molecule has 1 atom stereocenters. The van der Waals surface area contributed by atoms with Gasteiger partial charge in [0, 0.05) is 32.7 Å². The van der Waals surface area contributed by atoms with Crippen LogP contribution in [0.5, 0.6) is 0 Å². The maximum absolute atomic E-state index is 5.74. The number of ether oxygens (including phenoxy) is 2. The Labute approximate surface area is 111 Å². The minimum Gasteiger partial charge on any atom is -0.379 e. The highest BCUT2D eigenvalue weighted by atomic mass is 16.5. The zero-order valence-electron chi connectivity index (χ0n) is 11.9. The third kappa shape index (κ3) is 7.28. The van der Waals surface area contributed by atoms with Gasteiger partial charge in [-0.15, -0.1) is 0 Å². The fourth-order valence-corrected chi connectivity index (χ4v) is 2.02. The number of rotatable bonds is 10. The van der Waals surface area contributed by atoms with Crippen molar-refractivity contribution < 1.29 is 9.47 Å². The first-order chi connectivity index (χ1) is 8.86. The minimum absolute atomic E-state index is 0.336. The Balaban J connectivity index is 2.03. The monoisotopic (exact) mass is 259 g/mol. The standard InChI is InChI=1S/C13H29N3O2/c1-3-4-15-11-13-12-16(7-10-18-13)6-9-17-8-5-14-2/h13-15H,3-12H2,1-2H3. The van der Waals surface area contributed by atoms with Crippen LogP contribution in [-0.2, 0) is 9.47 Å². The fourth-order valence-electron chi connectivity index (χ4n) is 2.02. The molecule has 1 saturated heterocycles. The molecule has 0 saturated carbocycles. The molecule has 0 amide bonds. The van der Waals surface area contributed by atoms with E-state index in [9.17, 15) is 0 Å². The lowest BCUT2D eigenvalue weighted by molar-refractivity contribution is -0.0346. The maximum Gasteiger partial charge on any atom is 0.0826 e. The molecular formula is C13H29N3O2. The second-order valence-corrected chi connectivity index (χ2v) is 4.71. The number of hydrogen-bond donors (Lipinski definition) is 2. The summed E-state index contributed by atoms with van der Waals surface area (Å²) in [5.74, 6) is 0. The molecule has 0 bridgehead atoms. The first-order valence-electron chi connectivity index (χ1n) is 7.13. The van der Waals surface area contributed by atoms with Crippen LogP contribution in [0.4, 0.5) is 0 Å². The second kappa shape index (κ2) is 10.7. The minimum atomic E-state index is 0.336. The SMILES string of the molecule is CCCNCC1CN(CCOCCNC)CCO1. The van der Waals surface area contributed by atoms with Crippen LogP contribution in [0.3, 0.4) is 0 Å². The van der Waals surface area contributed by atoms with E-state index in [0.717, 1.165) is 59.1 Å². The molecule has 1 aliphatic heterocycles. The topological polar surface area (TPSA) is 45.8 Å². The van der Waals surface area contributed by atoms with E-state index in [1.807, 2.05) is 7.05 Å². The van der Waals surface area contributed by atoms with Gasteiger partial charge in [-0.1, -0.05) is 6.92 Å². The molecular weight excluding hydrogens is 230 g/mol. The Morgan fingerprint density at radius 3 is 3.00 bits per heavy atom. The van der Waals surface area contributed by atoms with Gasteiger partial charge in [0.15, 0.2) is 0 Å². The highest BCUT2D eigenvalue weighted by Crippen LogP contribution is 2.04. The van der Waals surface area contributed by atoms with Gasteiger partial charge in [-0.05, 0) is 20.0 Å². The van der Waals surface area contributed by atoms with E-state index in [2.05, 4.69) is 22.5 Å². The number of hydrogen-bond acceptors (Lipinski definition) is 5. The molecule has 1 unspecified atom stereocenters. The summed E-state index contributed by atoms with van der Waals surface area (Å²) in [5, 5.41) is 6.49. The average molecular weight is 259 g/mol. The second-order valence-electron chi connectivity index (χ2n) is 4.71. The summed E-state index contributed by atoms with van der Waals surface area (Å²) in [4.78, 5) is 2.43. The zero-order chi connectivity index (χ0) is 13.1. The van der Waals surface area contributed by atoms with Crippen LogP contribution < -0.4 is 10.6 Å². The summed E-state index contributed by atoms with van der Waals surface area (Å²) in [6, 6.07) is 0. The van der Waals surface area contributed by atoms with Gasteiger partial charge in [0.25, 0.3) is 0 Å². The van der Waals surface area contributed by atoms with E-state index in [0.29, 0.717) is 6.10 Å². The van der Waals surface area contributed by atoms with Crippen LogP contribution in [0.1, 0.15) is 13.3 Å². The van der Waals surface area contributed by atoms with Crippen molar-refractivity contribution in [2.75, 3.05) is 66.1 Å². The first-order valence-corrected chi connectivity index (χ1v) is 7.13. The lowest BCUT2D eigenvalue weighted by atomic mass is 10.2. The normalized spacial score (nSPS) is 21.3. The number of nitrogens with one attached hydrogen (secondary N) is 2. The Morgan fingerprint density at radius 1 is 1.33 bits per heavy atom. The predicted molar refractivity (Wildman–Crippen MR) is 74.1 cm³/mol. The molecule has 0 aromatic carbocycles. The van der Waals surface area contributed by atoms with Crippen molar-refractivity contribution in [3.05, 3.63) is 0 Å². The van der Waals surface area contributed by atoms with E-state index < -0.39 is 0 Å². The maximum atomic E-state index is 5.74. The van der Waals surface area contributed by atoms with E-state index in [1.54, 1.807) is 0 Å². The lowest BCUT2D eigenvalue weighted by Gasteiger charge is -2.33. The summed E-state index contributed by atoms with van der Waals surface area (Å²) in [6.07, 6.45) is 1.51. The summed E-state index contributed by atoms with van der Waals surface area (Å²) < 4.78 is 11.3. The third-order valence-electron chi connectivity index (χ3n) is 3.07. The van der Waals surface area contributed by atoms with E-state index in [-0.39, 0.29) is 0 Å². The molecule has 5 nitrogen and oxygen atoms in total. The van der Waals surface area contributed by atoms with Gasteiger partial charge in [-0.3, -0.25) is 4.90 Å². The van der Waals surface area contributed by atoms with Crippen LogP contribution in [0, 0.1) is 0 Å². The van der Waals surface area contributed by atoms with E-state index in [4.69, 9.17) is 9.47 Å². The Kier molecular flexibility index (Phi) is 9.42. The van der Waals surface area contributed by atoms with Crippen LogP contribution in [-0.4, -0.2) is 77.1 Å². The molecule has 2 N–H and O–H groups in total. The summed E-state index contributed by atoms with van der Waals surface area (Å²) >= 11 is 0. The van der Waals surface area contributed by atoms with Crippen LogP contribution >= 0.6 is 0 Å². The molecule has 18 heavy (non-hydrogen) atoms. The van der Waals surface area contributed by atoms with E-state index in [1.165, 1.54) is 6.42 Å². The molecule has 0 aromatic rings. The van der Waals surface area contributed by atoms with Crippen molar-refractivity contribution >= 4 is 0 Å². The zero-order valence-corrected chi connectivity index (χ0v) is 11.9. The summed E-state index contributed by atoms with van der Waals surface area (Å²) in [5.41, 5.74) is 0. The number of morpholine rings is 1. The van der Waals surface area contributed by atoms with Crippen LogP contribution in [0.25, 0.3) is 0 Å². The van der Waals surface area contributed by atoms with Crippen LogP contribution in [0.15, 0.2) is 0 Å². The highest BCUT2D eigenvalue weighted by Gasteiger charge is 2.19. The predicted octanol–water partition coefficient (Wildman–Crippen LogP) is -0.0772. The van der Waals surface area contributed by atoms with Crippen molar-refractivity contribution in [2.45, 2.75) is 19.4 Å². The molecule has 1 aliphatic rings. The van der Waals surface area contributed by atoms with Crippen molar-refractivity contribution in [3.63, 3.8) is 0 Å². The molecule has 1 rings (SSSR count). The Bertz CT molecular complexity index is 193. The van der Waals surface area contributed by atoms with Crippen molar-refractivity contribution in [1.82, 2.24) is 15.5 Å². The molecule has 1 fully saturated rings. The first kappa shape index (κ1) is 15.9. The molecule has 1 heterocycles. The average Bonchev–Trinajstić information content (AvgIpc) is 2.39.